The number of carbonyl (C=O) groups is 1. The summed E-state index contributed by atoms with van der Waals surface area (Å²) in [4.78, 5) is 24.2. The van der Waals surface area contributed by atoms with E-state index < -0.39 is 5.91 Å². The third kappa shape index (κ3) is 5.05. The smallest absolute Gasteiger partial charge is 0.276 e. The fraction of sp³-hybridized carbons (Fsp3) is 0.190. The number of carbonyl (C=O) groups excluding carboxylic acids is 1. The van der Waals surface area contributed by atoms with E-state index in [1.807, 2.05) is 31.2 Å². The summed E-state index contributed by atoms with van der Waals surface area (Å²) < 4.78 is 11.9. The molecule has 0 aliphatic carbocycles. The van der Waals surface area contributed by atoms with Crippen LogP contribution in [0.5, 0.6) is 11.5 Å². The molecule has 7 heteroatoms. The summed E-state index contributed by atoms with van der Waals surface area (Å²) in [7, 11) is 1.54. The lowest BCUT2D eigenvalue weighted by molar-refractivity contribution is 0.101. The molecule has 0 radical (unpaired) electrons. The van der Waals surface area contributed by atoms with E-state index >= 15 is 0 Å². The standard InChI is InChI=1S/C21H21N3O4/c1-15-4-3-5-18(14-15)28-17-8-6-16(7-9-17)22-21(26)19-10-11-20(25)24(23-19)12-13-27-2/h3-11,14H,12-13H2,1-2H3,(H,22,26). The molecule has 0 aliphatic heterocycles. The van der Waals surface area contributed by atoms with Gasteiger partial charge in [0.05, 0.1) is 13.2 Å². The van der Waals surface area contributed by atoms with E-state index in [2.05, 4.69) is 10.4 Å². The summed E-state index contributed by atoms with van der Waals surface area (Å²) >= 11 is 0. The number of methoxy groups -OCH3 is 1. The molecule has 1 aromatic heterocycles. The first-order valence-electron chi connectivity index (χ1n) is 8.78. The van der Waals surface area contributed by atoms with Crippen LogP contribution in [0.15, 0.2) is 65.5 Å². The summed E-state index contributed by atoms with van der Waals surface area (Å²) in [6, 6.07) is 17.5. The zero-order valence-corrected chi connectivity index (χ0v) is 15.7. The highest BCUT2D eigenvalue weighted by atomic mass is 16.5. The van der Waals surface area contributed by atoms with E-state index in [1.165, 1.54) is 23.9 Å². The second kappa shape index (κ2) is 8.96. The van der Waals surface area contributed by atoms with E-state index in [1.54, 1.807) is 24.3 Å². The van der Waals surface area contributed by atoms with Crippen LogP contribution >= 0.6 is 0 Å². The van der Waals surface area contributed by atoms with E-state index in [4.69, 9.17) is 9.47 Å². The normalized spacial score (nSPS) is 10.5. The zero-order valence-electron chi connectivity index (χ0n) is 15.7. The Morgan fingerprint density at radius 2 is 1.86 bits per heavy atom. The Labute approximate surface area is 162 Å². The molecule has 7 nitrogen and oxygen atoms in total. The molecule has 0 aliphatic rings. The fourth-order valence-electron chi connectivity index (χ4n) is 2.52. The van der Waals surface area contributed by atoms with E-state index in [0.717, 1.165) is 11.3 Å². The van der Waals surface area contributed by atoms with Gasteiger partial charge in [-0.3, -0.25) is 9.59 Å². The monoisotopic (exact) mass is 379 g/mol. The van der Waals surface area contributed by atoms with Crippen LogP contribution in [0.3, 0.4) is 0 Å². The molecule has 0 fully saturated rings. The van der Waals surface area contributed by atoms with Crippen LogP contribution in [0.1, 0.15) is 16.1 Å². The summed E-state index contributed by atoms with van der Waals surface area (Å²) in [6.07, 6.45) is 0. The number of nitrogens with one attached hydrogen (secondary N) is 1. The molecule has 1 N–H and O–H groups in total. The van der Waals surface area contributed by atoms with Crippen LogP contribution in [-0.4, -0.2) is 29.4 Å². The van der Waals surface area contributed by atoms with Crippen molar-refractivity contribution >= 4 is 11.6 Å². The Kier molecular flexibility index (Phi) is 6.18. The van der Waals surface area contributed by atoms with Gasteiger partial charge in [0.15, 0.2) is 0 Å². The maximum atomic E-state index is 12.4. The average Bonchev–Trinajstić information content (AvgIpc) is 2.69. The molecular weight excluding hydrogens is 358 g/mol. The van der Waals surface area contributed by atoms with Crippen LogP contribution < -0.4 is 15.6 Å². The second-order valence-corrected chi connectivity index (χ2v) is 6.17. The lowest BCUT2D eigenvalue weighted by Crippen LogP contribution is -2.27. The number of hydrogen-bond acceptors (Lipinski definition) is 5. The highest BCUT2D eigenvalue weighted by molar-refractivity contribution is 6.02. The first-order valence-corrected chi connectivity index (χ1v) is 8.78. The average molecular weight is 379 g/mol. The van der Waals surface area contributed by atoms with Crippen molar-refractivity contribution < 1.29 is 14.3 Å². The maximum Gasteiger partial charge on any atom is 0.276 e. The Morgan fingerprint density at radius 3 is 2.57 bits per heavy atom. The van der Waals surface area contributed by atoms with Gasteiger partial charge >= 0.3 is 0 Å². The first-order chi connectivity index (χ1) is 13.5. The van der Waals surface area contributed by atoms with Gasteiger partial charge in [0.1, 0.15) is 17.2 Å². The van der Waals surface area contributed by atoms with Gasteiger partial charge in [-0.25, -0.2) is 4.68 Å². The molecule has 0 spiro atoms. The number of hydrogen-bond donors (Lipinski definition) is 1. The minimum atomic E-state index is -0.404. The molecule has 1 amide bonds. The van der Waals surface area contributed by atoms with Crippen molar-refractivity contribution in [2.75, 3.05) is 19.0 Å². The van der Waals surface area contributed by atoms with Crippen molar-refractivity contribution in [1.82, 2.24) is 9.78 Å². The number of benzene rings is 2. The van der Waals surface area contributed by atoms with Crippen molar-refractivity contribution in [2.45, 2.75) is 13.5 Å². The minimum Gasteiger partial charge on any atom is -0.457 e. The van der Waals surface area contributed by atoms with Gasteiger partial charge in [0.2, 0.25) is 0 Å². The molecule has 0 saturated heterocycles. The van der Waals surface area contributed by atoms with Crippen LogP contribution in [0.25, 0.3) is 0 Å². The Balaban J connectivity index is 1.66. The molecule has 0 saturated carbocycles. The van der Waals surface area contributed by atoms with Gasteiger partial charge in [-0.15, -0.1) is 0 Å². The highest BCUT2D eigenvalue weighted by Gasteiger charge is 2.10. The highest BCUT2D eigenvalue weighted by Crippen LogP contribution is 2.23. The zero-order chi connectivity index (χ0) is 19.9. The first kappa shape index (κ1) is 19.3. The maximum absolute atomic E-state index is 12.4. The molecule has 0 atom stereocenters. The van der Waals surface area contributed by atoms with E-state index in [9.17, 15) is 9.59 Å². The van der Waals surface area contributed by atoms with Gasteiger partial charge in [0.25, 0.3) is 11.5 Å². The van der Waals surface area contributed by atoms with Crippen LogP contribution in [0, 0.1) is 6.92 Å². The van der Waals surface area contributed by atoms with Crippen molar-refractivity contribution in [3.63, 3.8) is 0 Å². The molecule has 2 aromatic carbocycles. The fourth-order valence-corrected chi connectivity index (χ4v) is 2.52. The second-order valence-electron chi connectivity index (χ2n) is 6.17. The predicted molar refractivity (Wildman–Crippen MR) is 106 cm³/mol. The number of anilines is 1. The third-order valence-electron chi connectivity index (χ3n) is 3.94. The summed E-state index contributed by atoms with van der Waals surface area (Å²) in [5, 5.41) is 6.83. The number of ether oxygens (including phenoxy) is 2. The Bertz CT molecular complexity index is 1010. The number of rotatable bonds is 7. The van der Waals surface area contributed by atoms with Crippen molar-refractivity contribution in [1.29, 1.82) is 0 Å². The number of amides is 1. The van der Waals surface area contributed by atoms with Gasteiger partial charge < -0.3 is 14.8 Å². The predicted octanol–water partition coefficient (Wildman–Crippen LogP) is 3.24. The molecule has 3 aromatic rings. The molecule has 1 heterocycles. The van der Waals surface area contributed by atoms with E-state index in [-0.39, 0.29) is 17.8 Å². The van der Waals surface area contributed by atoms with Crippen molar-refractivity contribution in [2.24, 2.45) is 0 Å². The summed E-state index contributed by atoms with van der Waals surface area (Å²) in [6.45, 7) is 2.61. The molecule has 3 rings (SSSR count). The molecule has 28 heavy (non-hydrogen) atoms. The van der Waals surface area contributed by atoms with Gasteiger partial charge in [-0.2, -0.15) is 5.10 Å². The van der Waals surface area contributed by atoms with Gasteiger partial charge in [-0.1, -0.05) is 12.1 Å². The number of nitrogens with zero attached hydrogens (tertiary/aromatic N) is 2. The van der Waals surface area contributed by atoms with Crippen molar-refractivity contribution in [3.05, 3.63) is 82.3 Å². The lowest BCUT2D eigenvalue weighted by atomic mass is 10.2. The SMILES string of the molecule is COCCn1nc(C(=O)Nc2ccc(Oc3cccc(C)c3)cc2)ccc1=O. The minimum absolute atomic E-state index is 0.149. The summed E-state index contributed by atoms with van der Waals surface area (Å²) in [5.41, 5.74) is 1.57. The van der Waals surface area contributed by atoms with Crippen LogP contribution in [-0.2, 0) is 11.3 Å². The van der Waals surface area contributed by atoms with Crippen LogP contribution in [0.2, 0.25) is 0 Å². The van der Waals surface area contributed by atoms with Crippen molar-refractivity contribution in [3.8, 4) is 11.5 Å². The quantitative estimate of drug-likeness (QED) is 0.681. The van der Waals surface area contributed by atoms with Gasteiger partial charge in [0, 0.05) is 18.9 Å². The molecule has 0 unspecified atom stereocenters. The molecule has 0 bridgehead atoms. The molecular formula is C21H21N3O4. The third-order valence-corrected chi connectivity index (χ3v) is 3.94. The van der Waals surface area contributed by atoms with Gasteiger partial charge in [-0.05, 0) is 55.0 Å². The number of aryl methyl sites for hydroxylation is 1. The van der Waals surface area contributed by atoms with Crippen LogP contribution in [0.4, 0.5) is 5.69 Å². The summed E-state index contributed by atoms with van der Waals surface area (Å²) in [5.74, 6) is 1.01. The largest absolute Gasteiger partial charge is 0.457 e. The lowest BCUT2D eigenvalue weighted by Gasteiger charge is -2.09. The molecule has 144 valence electrons. The topological polar surface area (TPSA) is 82.5 Å². The Morgan fingerprint density at radius 1 is 1.07 bits per heavy atom. The Hall–Kier alpha value is -3.45. The number of aromatic nitrogens is 2. The van der Waals surface area contributed by atoms with E-state index in [0.29, 0.717) is 18.0 Å².